The van der Waals surface area contributed by atoms with E-state index in [-0.39, 0.29) is 17.7 Å². The first-order chi connectivity index (χ1) is 13.6. The Balaban J connectivity index is 1.60. The van der Waals surface area contributed by atoms with Crippen LogP contribution in [0.5, 0.6) is 0 Å². The molecule has 146 valence electrons. The van der Waals surface area contributed by atoms with Gasteiger partial charge in [-0.1, -0.05) is 19.1 Å². The van der Waals surface area contributed by atoms with Crippen molar-refractivity contribution in [2.24, 2.45) is 13.0 Å². The summed E-state index contributed by atoms with van der Waals surface area (Å²) in [5.74, 6) is 0.548. The van der Waals surface area contributed by atoms with Crippen LogP contribution < -0.4 is 10.2 Å². The fourth-order valence-electron chi connectivity index (χ4n) is 3.63. The van der Waals surface area contributed by atoms with Crippen molar-refractivity contribution >= 4 is 23.2 Å². The van der Waals surface area contributed by atoms with Crippen LogP contribution in [0.25, 0.3) is 0 Å². The van der Waals surface area contributed by atoms with Crippen molar-refractivity contribution < 1.29 is 9.59 Å². The fraction of sp³-hybridized carbons (Fsp3) is 0.409. The Kier molecular flexibility index (Phi) is 5.03. The summed E-state index contributed by atoms with van der Waals surface area (Å²) in [6, 6.07) is 7.44. The maximum absolute atomic E-state index is 12.7. The minimum atomic E-state index is -0.175. The van der Waals surface area contributed by atoms with E-state index in [4.69, 9.17) is 0 Å². The van der Waals surface area contributed by atoms with Crippen molar-refractivity contribution in [1.82, 2.24) is 9.78 Å². The molecule has 28 heavy (non-hydrogen) atoms. The van der Waals surface area contributed by atoms with E-state index in [0.717, 1.165) is 24.2 Å². The van der Waals surface area contributed by atoms with E-state index in [9.17, 15) is 9.59 Å². The standard InChI is InChI=1S/C22H26N4O2/c1-3-21(27)26(14-20-19(13-23-25(20)2)15-6-4-7-15)18-9-5-8-17(12-18)24-22(28)16-10-11-16/h3,5,8-9,12-13,15-16H,1,4,6-7,10-11,14H2,2H3,(H,24,28). The number of aromatic nitrogens is 2. The highest BCUT2D eigenvalue weighted by molar-refractivity contribution is 6.02. The number of hydrogen-bond acceptors (Lipinski definition) is 3. The Morgan fingerprint density at radius 2 is 2.11 bits per heavy atom. The molecule has 0 spiro atoms. The molecule has 2 fully saturated rings. The molecule has 1 heterocycles. The SMILES string of the molecule is C=CC(=O)N(Cc1c(C2CCC2)cnn1C)c1cccc(NC(=O)C2CC2)c1. The van der Waals surface area contributed by atoms with Gasteiger partial charge in [-0.05, 0) is 61.4 Å². The Labute approximate surface area is 165 Å². The van der Waals surface area contributed by atoms with E-state index < -0.39 is 0 Å². The van der Waals surface area contributed by atoms with Crippen LogP contribution in [0.1, 0.15) is 49.3 Å². The summed E-state index contributed by atoms with van der Waals surface area (Å²) in [5, 5.41) is 7.38. The van der Waals surface area contributed by atoms with Crippen LogP contribution in [0.4, 0.5) is 11.4 Å². The van der Waals surface area contributed by atoms with E-state index in [1.165, 1.54) is 30.9 Å². The molecule has 0 atom stereocenters. The zero-order valence-electron chi connectivity index (χ0n) is 16.2. The third kappa shape index (κ3) is 3.72. The number of amides is 2. The summed E-state index contributed by atoms with van der Waals surface area (Å²) in [6.45, 7) is 4.09. The minimum absolute atomic E-state index is 0.0534. The molecular formula is C22H26N4O2. The summed E-state index contributed by atoms with van der Waals surface area (Å²) < 4.78 is 1.86. The zero-order chi connectivity index (χ0) is 19.7. The third-order valence-electron chi connectivity index (χ3n) is 5.76. The molecule has 0 bridgehead atoms. The summed E-state index contributed by atoms with van der Waals surface area (Å²) in [5.41, 5.74) is 3.72. The van der Waals surface area contributed by atoms with Gasteiger partial charge in [0, 0.05) is 24.3 Å². The van der Waals surface area contributed by atoms with Crippen molar-refractivity contribution in [3.63, 3.8) is 0 Å². The fourth-order valence-corrected chi connectivity index (χ4v) is 3.63. The third-order valence-corrected chi connectivity index (χ3v) is 5.76. The zero-order valence-corrected chi connectivity index (χ0v) is 16.2. The van der Waals surface area contributed by atoms with Gasteiger partial charge in [0.1, 0.15) is 0 Å². The molecule has 1 aromatic carbocycles. The number of anilines is 2. The van der Waals surface area contributed by atoms with Crippen LogP contribution in [0, 0.1) is 5.92 Å². The monoisotopic (exact) mass is 378 g/mol. The average molecular weight is 378 g/mol. The largest absolute Gasteiger partial charge is 0.326 e. The Morgan fingerprint density at radius 3 is 2.75 bits per heavy atom. The Hall–Kier alpha value is -2.89. The van der Waals surface area contributed by atoms with Crippen molar-refractivity contribution in [1.29, 1.82) is 0 Å². The number of carbonyl (C=O) groups is 2. The second-order valence-corrected chi connectivity index (χ2v) is 7.74. The number of carbonyl (C=O) groups excluding carboxylic acids is 2. The lowest BCUT2D eigenvalue weighted by Crippen LogP contribution is -2.30. The minimum Gasteiger partial charge on any atom is -0.326 e. The number of nitrogens with zero attached hydrogens (tertiary/aromatic N) is 3. The highest BCUT2D eigenvalue weighted by Gasteiger charge is 2.30. The maximum atomic E-state index is 12.7. The van der Waals surface area contributed by atoms with Gasteiger partial charge in [-0.2, -0.15) is 5.10 Å². The van der Waals surface area contributed by atoms with Gasteiger partial charge in [0.25, 0.3) is 5.91 Å². The van der Waals surface area contributed by atoms with E-state index in [1.807, 2.05) is 42.2 Å². The molecule has 6 nitrogen and oxygen atoms in total. The lowest BCUT2D eigenvalue weighted by atomic mass is 9.80. The van der Waals surface area contributed by atoms with E-state index in [1.54, 1.807) is 4.90 Å². The smallest absolute Gasteiger partial charge is 0.250 e. The molecule has 0 unspecified atom stereocenters. The molecule has 4 rings (SSSR count). The topological polar surface area (TPSA) is 67.2 Å². The summed E-state index contributed by atoms with van der Waals surface area (Å²) in [4.78, 5) is 26.4. The number of rotatable bonds is 7. The Morgan fingerprint density at radius 1 is 1.32 bits per heavy atom. The van der Waals surface area contributed by atoms with E-state index >= 15 is 0 Å². The maximum Gasteiger partial charge on any atom is 0.250 e. The molecule has 6 heteroatoms. The normalized spacial score (nSPS) is 16.3. The predicted octanol–water partition coefficient (Wildman–Crippen LogP) is 3.76. The summed E-state index contributed by atoms with van der Waals surface area (Å²) >= 11 is 0. The van der Waals surface area contributed by atoms with Gasteiger partial charge < -0.3 is 10.2 Å². The molecular weight excluding hydrogens is 352 g/mol. The van der Waals surface area contributed by atoms with Crippen LogP contribution in [0.15, 0.2) is 43.1 Å². The van der Waals surface area contributed by atoms with Crippen LogP contribution in [0.2, 0.25) is 0 Å². The lowest BCUT2D eigenvalue weighted by Gasteiger charge is -2.28. The second kappa shape index (κ2) is 7.62. The first kappa shape index (κ1) is 18.5. The predicted molar refractivity (Wildman–Crippen MR) is 109 cm³/mol. The van der Waals surface area contributed by atoms with Gasteiger partial charge in [0.05, 0.1) is 18.4 Å². The molecule has 2 amide bonds. The van der Waals surface area contributed by atoms with Gasteiger partial charge in [-0.25, -0.2) is 0 Å². The second-order valence-electron chi connectivity index (χ2n) is 7.74. The van der Waals surface area contributed by atoms with Crippen LogP contribution in [0.3, 0.4) is 0 Å². The number of hydrogen-bond donors (Lipinski definition) is 1. The lowest BCUT2D eigenvalue weighted by molar-refractivity contribution is -0.117. The molecule has 1 aromatic heterocycles. The average Bonchev–Trinajstić information content (AvgIpc) is 3.44. The number of nitrogens with one attached hydrogen (secondary N) is 1. The summed E-state index contributed by atoms with van der Waals surface area (Å²) in [7, 11) is 1.92. The van der Waals surface area contributed by atoms with Gasteiger partial charge in [-0.15, -0.1) is 0 Å². The highest BCUT2D eigenvalue weighted by Crippen LogP contribution is 2.38. The molecule has 2 aliphatic carbocycles. The molecule has 2 aliphatic rings. The number of aryl methyl sites for hydroxylation is 1. The molecule has 2 aromatic rings. The molecule has 0 radical (unpaired) electrons. The van der Waals surface area contributed by atoms with Gasteiger partial charge in [0.15, 0.2) is 0 Å². The van der Waals surface area contributed by atoms with Gasteiger partial charge in [-0.3, -0.25) is 14.3 Å². The molecule has 0 saturated heterocycles. The van der Waals surface area contributed by atoms with Crippen molar-refractivity contribution in [2.75, 3.05) is 10.2 Å². The van der Waals surface area contributed by atoms with Crippen molar-refractivity contribution in [3.05, 3.63) is 54.4 Å². The molecule has 0 aliphatic heterocycles. The van der Waals surface area contributed by atoms with Crippen molar-refractivity contribution in [3.8, 4) is 0 Å². The van der Waals surface area contributed by atoms with Crippen LogP contribution in [-0.4, -0.2) is 21.6 Å². The Bertz CT molecular complexity index is 909. The molecule has 2 saturated carbocycles. The van der Waals surface area contributed by atoms with Crippen molar-refractivity contribution in [2.45, 2.75) is 44.6 Å². The van der Waals surface area contributed by atoms with E-state index in [2.05, 4.69) is 17.0 Å². The first-order valence-corrected chi connectivity index (χ1v) is 9.92. The highest BCUT2D eigenvalue weighted by atomic mass is 16.2. The van der Waals surface area contributed by atoms with Gasteiger partial charge >= 0.3 is 0 Å². The summed E-state index contributed by atoms with van der Waals surface area (Å²) in [6.07, 6.45) is 8.77. The van der Waals surface area contributed by atoms with Crippen LogP contribution in [-0.2, 0) is 23.2 Å². The van der Waals surface area contributed by atoms with Crippen LogP contribution >= 0.6 is 0 Å². The first-order valence-electron chi connectivity index (χ1n) is 9.92. The van der Waals surface area contributed by atoms with E-state index in [0.29, 0.717) is 18.2 Å². The quantitative estimate of drug-likeness (QED) is 0.746. The molecule has 1 N–H and O–H groups in total. The number of benzene rings is 1. The van der Waals surface area contributed by atoms with Gasteiger partial charge in [0.2, 0.25) is 5.91 Å².